The van der Waals surface area contributed by atoms with Gasteiger partial charge in [0, 0.05) is 12.5 Å². The summed E-state index contributed by atoms with van der Waals surface area (Å²) in [6, 6.07) is 0. The second kappa shape index (κ2) is 4.68. The highest BCUT2D eigenvalue weighted by Gasteiger charge is 2.49. The molecule has 0 aromatic rings. The molecule has 1 N–H and O–H groups in total. The Labute approximate surface area is 95.9 Å². The standard InChI is InChI=1S/C12H19NO3/c1-4-6-12(11(15)16)7-5-8-13(12)10(14)9(2)3/h4,9H,1,5-8H2,2-3H3,(H,15,16). The summed E-state index contributed by atoms with van der Waals surface area (Å²) in [5.41, 5.74) is -1.05. The number of hydrogen-bond donors (Lipinski definition) is 1. The first-order valence-electron chi connectivity index (χ1n) is 5.61. The number of nitrogens with zero attached hydrogens (tertiary/aromatic N) is 1. The summed E-state index contributed by atoms with van der Waals surface area (Å²) in [5.74, 6) is -1.16. The van der Waals surface area contributed by atoms with E-state index in [1.54, 1.807) is 19.9 Å². The molecule has 1 unspecified atom stereocenters. The van der Waals surface area contributed by atoms with Crippen molar-refractivity contribution in [3.63, 3.8) is 0 Å². The van der Waals surface area contributed by atoms with Crippen molar-refractivity contribution in [2.45, 2.75) is 38.6 Å². The van der Waals surface area contributed by atoms with Gasteiger partial charge in [0.25, 0.3) is 0 Å². The number of carboxylic acid groups (broad SMARTS) is 1. The number of rotatable bonds is 4. The Morgan fingerprint density at radius 2 is 2.19 bits per heavy atom. The van der Waals surface area contributed by atoms with Crippen LogP contribution >= 0.6 is 0 Å². The van der Waals surface area contributed by atoms with Crippen LogP contribution in [-0.4, -0.2) is 34.0 Å². The SMILES string of the molecule is C=CCC1(C(=O)O)CCCN1C(=O)C(C)C. The molecule has 0 aliphatic carbocycles. The Kier molecular flexibility index (Phi) is 3.73. The maximum absolute atomic E-state index is 12.0. The van der Waals surface area contributed by atoms with Crippen LogP contribution in [0.5, 0.6) is 0 Å². The predicted octanol–water partition coefficient (Wildman–Crippen LogP) is 1.66. The lowest BCUT2D eigenvalue weighted by atomic mass is 9.91. The van der Waals surface area contributed by atoms with Crippen LogP contribution in [0.15, 0.2) is 12.7 Å². The maximum atomic E-state index is 12.0. The van der Waals surface area contributed by atoms with Gasteiger partial charge < -0.3 is 10.0 Å². The summed E-state index contributed by atoms with van der Waals surface area (Å²) in [7, 11) is 0. The Morgan fingerprint density at radius 3 is 2.62 bits per heavy atom. The molecular weight excluding hydrogens is 206 g/mol. The summed E-state index contributed by atoms with van der Waals surface area (Å²) in [5, 5.41) is 9.35. The van der Waals surface area contributed by atoms with Gasteiger partial charge in [-0.2, -0.15) is 0 Å². The minimum atomic E-state index is -1.05. The van der Waals surface area contributed by atoms with E-state index in [1.807, 2.05) is 0 Å². The molecule has 90 valence electrons. The van der Waals surface area contributed by atoms with Crippen LogP contribution in [0.4, 0.5) is 0 Å². The minimum Gasteiger partial charge on any atom is -0.479 e. The molecule has 0 saturated carbocycles. The van der Waals surface area contributed by atoms with Crippen molar-refractivity contribution < 1.29 is 14.7 Å². The van der Waals surface area contributed by atoms with Gasteiger partial charge in [-0.1, -0.05) is 19.9 Å². The van der Waals surface area contributed by atoms with Gasteiger partial charge in [-0.25, -0.2) is 4.79 Å². The van der Waals surface area contributed by atoms with E-state index in [9.17, 15) is 14.7 Å². The third-order valence-corrected chi connectivity index (χ3v) is 3.13. The molecule has 0 aromatic heterocycles. The molecule has 1 aliphatic heterocycles. The van der Waals surface area contributed by atoms with Gasteiger partial charge in [0.1, 0.15) is 5.54 Å². The first-order valence-corrected chi connectivity index (χ1v) is 5.61. The second-order valence-electron chi connectivity index (χ2n) is 4.58. The van der Waals surface area contributed by atoms with Crippen LogP contribution in [0, 0.1) is 5.92 Å². The zero-order chi connectivity index (χ0) is 12.3. The van der Waals surface area contributed by atoms with Gasteiger partial charge >= 0.3 is 5.97 Å². The van der Waals surface area contributed by atoms with E-state index in [4.69, 9.17) is 0 Å². The average Bonchev–Trinajstić information content (AvgIpc) is 2.62. The van der Waals surface area contributed by atoms with Gasteiger partial charge in [-0.05, 0) is 19.3 Å². The van der Waals surface area contributed by atoms with Crippen molar-refractivity contribution in [2.75, 3.05) is 6.54 Å². The smallest absolute Gasteiger partial charge is 0.329 e. The number of carbonyl (C=O) groups excluding carboxylic acids is 1. The molecule has 1 atom stereocenters. The van der Waals surface area contributed by atoms with Crippen molar-refractivity contribution in [2.24, 2.45) is 5.92 Å². The van der Waals surface area contributed by atoms with Gasteiger partial charge in [0.2, 0.25) is 5.91 Å². The van der Waals surface area contributed by atoms with Crippen molar-refractivity contribution >= 4 is 11.9 Å². The summed E-state index contributed by atoms with van der Waals surface area (Å²) < 4.78 is 0. The van der Waals surface area contributed by atoms with E-state index < -0.39 is 11.5 Å². The highest BCUT2D eigenvalue weighted by atomic mass is 16.4. The van der Waals surface area contributed by atoms with Gasteiger partial charge in [0.15, 0.2) is 0 Å². The fourth-order valence-corrected chi connectivity index (χ4v) is 2.27. The van der Waals surface area contributed by atoms with Gasteiger partial charge in [0.05, 0.1) is 0 Å². The van der Waals surface area contributed by atoms with Crippen LogP contribution in [0.25, 0.3) is 0 Å². The summed E-state index contributed by atoms with van der Waals surface area (Å²) in [6.45, 7) is 7.71. The van der Waals surface area contributed by atoms with Crippen LogP contribution in [0.1, 0.15) is 33.1 Å². The Bertz CT molecular complexity index is 311. The molecule has 1 amide bonds. The predicted molar refractivity (Wildman–Crippen MR) is 61.0 cm³/mol. The molecule has 1 fully saturated rings. The van der Waals surface area contributed by atoms with E-state index >= 15 is 0 Å². The van der Waals surface area contributed by atoms with Gasteiger partial charge in [-0.15, -0.1) is 6.58 Å². The molecule has 0 bridgehead atoms. The normalized spacial score (nSPS) is 24.8. The molecule has 1 aliphatic rings. The Hall–Kier alpha value is -1.32. The molecule has 1 saturated heterocycles. The molecule has 1 heterocycles. The topological polar surface area (TPSA) is 57.6 Å². The van der Waals surface area contributed by atoms with E-state index in [2.05, 4.69) is 6.58 Å². The Morgan fingerprint density at radius 1 is 1.56 bits per heavy atom. The lowest BCUT2D eigenvalue weighted by Crippen LogP contribution is -2.53. The molecule has 4 heteroatoms. The van der Waals surface area contributed by atoms with Crippen molar-refractivity contribution in [1.82, 2.24) is 4.90 Å². The van der Waals surface area contributed by atoms with E-state index in [-0.39, 0.29) is 11.8 Å². The molecule has 16 heavy (non-hydrogen) atoms. The average molecular weight is 225 g/mol. The highest BCUT2D eigenvalue weighted by molar-refractivity contribution is 5.88. The fourth-order valence-electron chi connectivity index (χ4n) is 2.27. The summed E-state index contributed by atoms with van der Waals surface area (Å²) in [6.07, 6.45) is 3.17. The second-order valence-corrected chi connectivity index (χ2v) is 4.58. The highest BCUT2D eigenvalue weighted by Crippen LogP contribution is 2.34. The molecule has 0 radical (unpaired) electrons. The van der Waals surface area contributed by atoms with Crippen LogP contribution < -0.4 is 0 Å². The first kappa shape index (κ1) is 12.7. The lowest BCUT2D eigenvalue weighted by Gasteiger charge is -2.35. The third-order valence-electron chi connectivity index (χ3n) is 3.13. The number of carboxylic acids is 1. The molecule has 4 nitrogen and oxygen atoms in total. The molecule has 1 rings (SSSR count). The van der Waals surface area contributed by atoms with Crippen molar-refractivity contribution in [1.29, 1.82) is 0 Å². The largest absolute Gasteiger partial charge is 0.479 e. The fraction of sp³-hybridized carbons (Fsp3) is 0.667. The number of carbonyl (C=O) groups is 2. The van der Waals surface area contributed by atoms with E-state index in [1.165, 1.54) is 4.90 Å². The number of hydrogen-bond acceptors (Lipinski definition) is 2. The van der Waals surface area contributed by atoms with Crippen LogP contribution in [0.3, 0.4) is 0 Å². The van der Waals surface area contributed by atoms with Crippen molar-refractivity contribution in [3.8, 4) is 0 Å². The molecular formula is C12H19NO3. The lowest BCUT2D eigenvalue weighted by molar-refractivity contribution is -0.157. The third kappa shape index (κ3) is 1.96. The van der Waals surface area contributed by atoms with Gasteiger partial charge in [-0.3, -0.25) is 4.79 Å². The Balaban J connectivity index is 3.02. The number of amides is 1. The molecule has 0 spiro atoms. The van der Waals surface area contributed by atoms with Crippen LogP contribution in [-0.2, 0) is 9.59 Å². The zero-order valence-corrected chi connectivity index (χ0v) is 9.90. The number of likely N-dealkylation sites (tertiary alicyclic amines) is 1. The summed E-state index contributed by atoms with van der Waals surface area (Å²) in [4.78, 5) is 24.9. The quantitative estimate of drug-likeness (QED) is 0.740. The molecule has 0 aromatic carbocycles. The first-order chi connectivity index (χ1) is 7.45. The number of aliphatic carboxylic acids is 1. The monoisotopic (exact) mass is 225 g/mol. The summed E-state index contributed by atoms with van der Waals surface area (Å²) >= 11 is 0. The van der Waals surface area contributed by atoms with Crippen molar-refractivity contribution in [3.05, 3.63) is 12.7 Å². The van der Waals surface area contributed by atoms with Crippen LogP contribution in [0.2, 0.25) is 0 Å². The van der Waals surface area contributed by atoms with E-state index in [0.29, 0.717) is 19.4 Å². The zero-order valence-electron chi connectivity index (χ0n) is 9.90. The minimum absolute atomic E-state index is 0.0817. The van der Waals surface area contributed by atoms with E-state index in [0.717, 1.165) is 6.42 Å². The maximum Gasteiger partial charge on any atom is 0.329 e.